The van der Waals surface area contributed by atoms with Gasteiger partial charge in [-0.2, -0.15) is 0 Å². The Bertz CT molecular complexity index is 573. The summed E-state index contributed by atoms with van der Waals surface area (Å²) in [4.78, 5) is 2.57. The van der Waals surface area contributed by atoms with Crippen molar-refractivity contribution in [2.24, 2.45) is 5.73 Å². The molecule has 1 aliphatic rings. The molecule has 0 amide bonds. The Morgan fingerprint density at radius 2 is 1.43 bits per heavy atom. The summed E-state index contributed by atoms with van der Waals surface area (Å²) < 4.78 is 0. The number of rotatable bonds is 7. The van der Waals surface area contributed by atoms with Crippen LogP contribution in [0.4, 0.5) is 0 Å². The van der Waals surface area contributed by atoms with Gasteiger partial charge in [0.1, 0.15) is 0 Å². The van der Waals surface area contributed by atoms with Crippen LogP contribution >= 0.6 is 0 Å². The second kappa shape index (κ2) is 7.12. The van der Waals surface area contributed by atoms with Crippen LogP contribution in [0.1, 0.15) is 30.4 Å². The van der Waals surface area contributed by atoms with Crippen LogP contribution in [0.15, 0.2) is 73.3 Å². The van der Waals surface area contributed by atoms with Gasteiger partial charge in [0, 0.05) is 24.7 Å². The van der Waals surface area contributed by atoms with E-state index in [1.807, 2.05) is 6.08 Å². The van der Waals surface area contributed by atoms with Crippen LogP contribution in [-0.4, -0.2) is 16.5 Å². The van der Waals surface area contributed by atoms with Crippen LogP contribution < -0.4 is 5.73 Å². The van der Waals surface area contributed by atoms with E-state index in [1.165, 1.54) is 11.1 Å². The predicted octanol–water partition coefficient (Wildman–Crippen LogP) is 4.12. The zero-order valence-corrected chi connectivity index (χ0v) is 13.7. The lowest BCUT2D eigenvalue weighted by molar-refractivity contribution is 0.0466. The van der Waals surface area contributed by atoms with Crippen molar-refractivity contribution in [1.29, 1.82) is 0 Å². The predicted molar refractivity (Wildman–Crippen MR) is 96.9 cm³/mol. The SMILES string of the molecule is C=CC[C@]1(N)C[C@H](N(Cc2ccccc2)Cc2ccccc2)C1. The van der Waals surface area contributed by atoms with Gasteiger partial charge in [-0.15, -0.1) is 6.58 Å². The highest BCUT2D eigenvalue weighted by atomic mass is 15.2. The summed E-state index contributed by atoms with van der Waals surface area (Å²) in [5.41, 5.74) is 9.11. The average Bonchev–Trinajstić information content (AvgIpc) is 2.54. The van der Waals surface area contributed by atoms with E-state index in [2.05, 4.69) is 72.1 Å². The van der Waals surface area contributed by atoms with Gasteiger partial charge in [0.2, 0.25) is 0 Å². The molecule has 0 unspecified atom stereocenters. The van der Waals surface area contributed by atoms with Crippen molar-refractivity contribution in [3.05, 3.63) is 84.4 Å². The molecule has 2 N–H and O–H groups in total. The summed E-state index contributed by atoms with van der Waals surface area (Å²) >= 11 is 0. The topological polar surface area (TPSA) is 29.3 Å². The first-order chi connectivity index (χ1) is 11.2. The van der Waals surface area contributed by atoms with E-state index in [-0.39, 0.29) is 5.54 Å². The molecule has 0 atom stereocenters. The second-order valence-corrected chi connectivity index (χ2v) is 6.79. The minimum Gasteiger partial charge on any atom is -0.325 e. The first-order valence-electron chi connectivity index (χ1n) is 8.40. The minimum atomic E-state index is -0.0436. The van der Waals surface area contributed by atoms with Crippen molar-refractivity contribution < 1.29 is 0 Å². The first kappa shape index (κ1) is 16.0. The second-order valence-electron chi connectivity index (χ2n) is 6.79. The highest BCUT2D eigenvalue weighted by molar-refractivity contribution is 5.18. The molecule has 0 aliphatic heterocycles. The molecule has 0 bridgehead atoms. The molecule has 0 saturated heterocycles. The molecule has 2 nitrogen and oxygen atoms in total. The normalized spacial score (nSPS) is 23.5. The molecule has 2 aromatic carbocycles. The smallest absolute Gasteiger partial charge is 0.0240 e. The van der Waals surface area contributed by atoms with Crippen molar-refractivity contribution in [1.82, 2.24) is 4.90 Å². The van der Waals surface area contributed by atoms with E-state index >= 15 is 0 Å². The summed E-state index contributed by atoms with van der Waals surface area (Å²) in [7, 11) is 0. The number of nitrogens with zero attached hydrogens (tertiary/aromatic N) is 1. The van der Waals surface area contributed by atoms with Crippen LogP contribution in [0.5, 0.6) is 0 Å². The standard InChI is InChI=1S/C21H26N2/c1-2-13-21(22)14-20(15-21)23(16-18-9-5-3-6-10-18)17-19-11-7-4-8-12-19/h2-12,20H,1,13-17,22H2/t20-,21-. The van der Waals surface area contributed by atoms with E-state index in [1.54, 1.807) is 0 Å². The maximum atomic E-state index is 6.43. The lowest BCUT2D eigenvalue weighted by Crippen LogP contribution is -2.59. The Morgan fingerprint density at radius 3 is 1.87 bits per heavy atom. The van der Waals surface area contributed by atoms with Crippen molar-refractivity contribution in [3.63, 3.8) is 0 Å². The van der Waals surface area contributed by atoms with Crippen molar-refractivity contribution in [3.8, 4) is 0 Å². The Morgan fingerprint density at radius 1 is 0.957 bits per heavy atom. The van der Waals surface area contributed by atoms with Crippen molar-refractivity contribution >= 4 is 0 Å². The third-order valence-corrected chi connectivity index (χ3v) is 4.81. The molecule has 0 spiro atoms. The summed E-state index contributed by atoms with van der Waals surface area (Å²) in [6.45, 7) is 5.79. The Balaban J connectivity index is 1.70. The zero-order valence-electron chi connectivity index (χ0n) is 13.7. The highest BCUT2D eigenvalue weighted by Gasteiger charge is 2.42. The molecule has 1 aliphatic carbocycles. The van der Waals surface area contributed by atoms with Crippen molar-refractivity contribution in [2.45, 2.75) is 43.9 Å². The third-order valence-electron chi connectivity index (χ3n) is 4.81. The van der Waals surface area contributed by atoms with Gasteiger partial charge in [-0.25, -0.2) is 0 Å². The van der Waals surface area contributed by atoms with Gasteiger partial charge in [-0.1, -0.05) is 66.7 Å². The van der Waals surface area contributed by atoms with Crippen LogP contribution in [0.3, 0.4) is 0 Å². The number of nitrogens with two attached hydrogens (primary N) is 1. The Kier molecular flexibility index (Phi) is 4.94. The Hall–Kier alpha value is -1.90. The molecule has 2 aromatic rings. The fourth-order valence-electron chi connectivity index (χ4n) is 3.54. The van der Waals surface area contributed by atoms with Crippen LogP contribution in [0.2, 0.25) is 0 Å². The van der Waals surface area contributed by atoms with Crippen LogP contribution in [0, 0.1) is 0 Å². The lowest BCUT2D eigenvalue weighted by Gasteiger charge is -2.49. The van der Waals surface area contributed by atoms with Gasteiger partial charge in [0.05, 0.1) is 0 Å². The molecule has 23 heavy (non-hydrogen) atoms. The average molecular weight is 306 g/mol. The van der Waals surface area contributed by atoms with Gasteiger partial charge in [-0.3, -0.25) is 4.90 Å². The van der Waals surface area contributed by atoms with E-state index < -0.39 is 0 Å². The van der Waals surface area contributed by atoms with Gasteiger partial charge in [0.25, 0.3) is 0 Å². The quantitative estimate of drug-likeness (QED) is 0.780. The maximum Gasteiger partial charge on any atom is 0.0240 e. The van der Waals surface area contributed by atoms with Gasteiger partial charge < -0.3 is 5.73 Å². The van der Waals surface area contributed by atoms with Gasteiger partial charge in [-0.05, 0) is 30.4 Å². The van der Waals surface area contributed by atoms with E-state index in [0.29, 0.717) is 6.04 Å². The molecule has 3 rings (SSSR count). The van der Waals surface area contributed by atoms with E-state index in [9.17, 15) is 0 Å². The van der Waals surface area contributed by atoms with Gasteiger partial charge in [0.15, 0.2) is 0 Å². The summed E-state index contributed by atoms with van der Waals surface area (Å²) in [6.07, 6.45) is 4.97. The zero-order chi connectivity index (χ0) is 16.1. The molecule has 1 fully saturated rings. The van der Waals surface area contributed by atoms with Crippen LogP contribution in [0.25, 0.3) is 0 Å². The summed E-state index contributed by atoms with van der Waals surface area (Å²) in [5, 5.41) is 0. The minimum absolute atomic E-state index is 0.0436. The number of benzene rings is 2. The molecular formula is C21H26N2. The fourth-order valence-corrected chi connectivity index (χ4v) is 3.54. The monoisotopic (exact) mass is 306 g/mol. The molecule has 0 radical (unpaired) electrons. The maximum absolute atomic E-state index is 6.43. The molecule has 0 heterocycles. The highest BCUT2D eigenvalue weighted by Crippen LogP contribution is 2.37. The Labute approximate surface area is 139 Å². The fraction of sp³-hybridized carbons (Fsp3) is 0.333. The largest absolute Gasteiger partial charge is 0.325 e. The van der Waals surface area contributed by atoms with E-state index in [0.717, 1.165) is 32.4 Å². The first-order valence-corrected chi connectivity index (χ1v) is 8.40. The van der Waals surface area contributed by atoms with E-state index in [4.69, 9.17) is 5.73 Å². The molecule has 1 saturated carbocycles. The molecule has 2 heteroatoms. The molecule has 0 aromatic heterocycles. The summed E-state index contributed by atoms with van der Waals surface area (Å²) in [5.74, 6) is 0. The molecule has 120 valence electrons. The van der Waals surface area contributed by atoms with Crippen molar-refractivity contribution in [2.75, 3.05) is 0 Å². The number of hydrogen-bond donors (Lipinski definition) is 1. The lowest BCUT2D eigenvalue weighted by atomic mass is 9.70. The number of hydrogen-bond acceptors (Lipinski definition) is 2. The van der Waals surface area contributed by atoms with Gasteiger partial charge >= 0.3 is 0 Å². The third kappa shape index (κ3) is 4.10. The molecular weight excluding hydrogens is 280 g/mol. The van der Waals surface area contributed by atoms with Crippen LogP contribution in [-0.2, 0) is 13.1 Å². The summed E-state index contributed by atoms with van der Waals surface area (Å²) in [6, 6.07) is 22.0.